The highest BCUT2D eigenvalue weighted by molar-refractivity contribution is 6.28. The molecule has 1 heterocycles. The van der Waals surface area contributed by atoms with Crippen LogP contribution in [0.15, 0.2) is 30.3 Å². The summed E-state index contributed by atoms with van der Waals surface area (Å²) >= 11 is 5.87. The summed E-state index contributed by atoms with van der Waals surface area (Å²) in [5.41, 5.74) is 0.924. The molecule has 13 heavy (non-hydrogen) atoms. The molecule has 0 fully saturated rings. The lowest BCUT2D eigenvalue weighted by Gasteiger charge is -1.99. The Kier molecular flexibility index (Phi) is 2.02. The zero-order valence-electron chi connectivity index (χ0n) is 7.11. The van der Waals surface area contributed by atoms with Crippen molar-refractivity contribution in [2.45, 2.75) is 6.92 Å². The molecule has 0 amide bonds. The van der Waals surface area contributed by atoms with Gasteiger partial charge in [-0.05, 0) is 30.7 Å². The number of aromatic nitrogens is 3. The molecule has 0 saturated heterocycles. The predicted octanol–water partition coefficient (Wildman–Crippen LogP) is 2.23. The average Bonchev–Trinajstić information content (AvgIpc) is 2.47. The van der Waals surface area contributed by atoms with E-state index in [1.54, 1.807) is 4.68 Å². The Labute approximate surface area is 81.0 Å². The molecule has 0 bridgehead atoms. The first kappa shape index (κ1) is 8.26. The van der Waals surface area contributed by atoms with Gasteiger partial charge in [-0.25, -0.2) is 9.67 Å². The molecule has 66 valence electrons. The van der Waals surface area contributed by atoms with Gasteiger partial charge in [0, 0.05) is 0 Å². The van der Waals surface area contributed by atoms with Gasteiger partial charge in [0.2, 0.25) is 5.28 Å². The number of nitrogens with zero attached hydrogens (tertiary/aromatic N) is 3. The van der Waals surface area contributed by atoms with Gasteiger partial charge in [0.15, 0.2) is 0 Å². The maximum Gasteiger partial charge on any atom is 0.225 e. The van der Waals surface area contributed by atoms with Crippen molar-refractivity contribution in [3.8, 4) is 5.69 Å². The van der Waals surface area contributed by atoms with E-state index in [9.17, 15) is 0 Å². The van der Waals surface area contributed by atoms with E-state index in [2.05, 4.69) is 10.1 Å². The zero-order valence-corrected chi connectivity index (χ0v) is 7.86. The van der Waals surface area contributed by atoms with Crippen LogP contribution in [0.4, 0.5) is 0 Å². The van der Waals surface area contributed by atoms with Crippen molar-refractivity contribution in [1.82, 2.24) is 14.8 Å². The van der Waals surface area contributed by atoms with E-state index in [-0.39, 0.29) is 0 Å². The summed E-state index contributed by atoms with van der Waals surface area (Å²) in [6.07, 6.45) is 0. The fourth-order valence-corrected chi connectivity index (χ4v) is 1.38. The van der Waals surface area contributed by atoms with Gasteiger partial charge in [0.05, 0.1) is 5.69 Å². The maximum atomic E-state index is 5.87. The minimum Gasteiger partial charge on any atom is -0.203 e. The molecule has 0 saturated carbocycles. The third-order valence-electron chi connectivity index (χ3n) is 1.67. The van der Waals surface area contributed by atoms with Crippen molar-refractivity contribution in [3.63, 3.8) is 0 Å². The Hall–Kier alpha value is -1.35. The van der Waals surface area contributed by atoms with Gasteiger partial charge >= 0.3 is 0 Å². The van der Waals surface area contributed by atoms with Crippen molar-refractivity contribution in [1.29, 1.82) is 0 Å². The summed E-state index contributed by atoms with van der Waals surface area (Å²) in [5.74, 6) is 0.675. The molecule has 0 atom stereocenters. The summed E-state index contributed by atoms with van der Waals surface area (Å²) in [6, 6.07) is 9.67. The molecule has 4 heteroatoms. The van der Waals surface area contributed by atoms with Gasteiger partial charge < -0.3 is 0 Å². The molecular formula is C9H8ClN3. The minimum atomic E-state index is 0.392. The van der Waals surface area contributed by atoms with Crippen LogP contribution in [0.3, 0.4) is 0 Å². The smallest absolute Gasteiger partial charge is 0.203 e. The highest BCUT2D eigenvalue weighted by Crippen LogP contribution is 2.12. The molecule has 0 aliphatic carbocycles. The second kappa shape index (κ2) is 3.18. The zero-order chi connectivity index (χ0) is 9.26. The number of aryl methyl sites for hydroxylation is 1. The number of hydrogen-bond acceptors (Lipinski definition) is 2. The molecular weight excluding hydrogens is 186 g/mol. The van der Waals surface area contributed by atoms with Crippen molar-refractivity contribution >= 4 is 11.6 Å². The summed E-state index contributed by atoms with van der Waals surface area (Å²) in [7, 11) is 0. The first-order valence-electron chi connectivity index (χ1n) is 3.92. The van der Waals surface area contributed by atoms with Crippen LogP contribution < -0.4 is 0 Å². The Balaban J connectivity index is 2.53. The molecule has 2 rings (SSSR count). The van der Waals surface area contributed by atoms with Crippen molar-refractivity contribution < 1.29 is 0 Å². The van der Waals surface area contributed by atoms with Crippen molar-refractivity contribution in [3.05, 3.63) is 41.4 Å². The van der Waals surface area contributed by atoms with Crippen LogP contribution in [0.1, 0.15) is 5.82 Å². The van der Waals surface area contributed by atoms with Crippen molar-refractivity contribution in [2.24, 2.45) is 0 Å². The van der Waals surface area contributed by atoms with E-state index in [0.29, 0.717) is 11.1 Å². The fourth-order valence-electron chi connectivity index (χ4n) is 1.12. The average molecular weight is 194 g/mol. The van der Waals surface area contributed by atoms with Gasteiger partial charge in [-0.1, -0.05) is 18.2 Å². The van der Waals surface area contributed by atoms with E-state index in [1.165, 1.54) is 0 Å². The molecule has 0 radical (unpaired) electrons. The van der Waals surface area contributed by atoms with Crippen molar-refractivity contribution in [2.75, 3.05) is 0 Å². The number of para-hydroxylation sites is 1. The van der Waals surface area contributed by atoms with Gasteiger partial charge in [0.25, 0.3) is 0 Å². The molecule has 0 spiro atoms. The van der Waals surface area contributed by atoms with Crippen LogP contribution in [0, 0.1) is 6.92 Å². The SMILES string of the molecule is Cc1nc(Cl)n(-c2ccccc2)n1. The molecule has 3 nitrogen and oxygen atoms in total. The highest BCUT2D eigenvalue weighted by Gasteiger charge is 2.04. The standard InChI is InChI=1S/C9H8ClN3/c1-7-11-9(10)13(12-7)8-5-3-2-4-6-8/h2-6H,1H3. The summed E-state index contributed by atoms with van der Waals surface area (Å²) < 4.78 is 1.61. The van der Waals surface area contributed by atoms with Gasteiger partial charge in [-0.2, -0.15) is 5.10 Å². The monoisotopic (exact) mass is 193 g/mol. The van der Waals surface area contributed by atoms with Crippen LogP contribution in [-0.4, -0.2) is 14.8 Å². The van der Waals surface area contributed by atoms with E-state index in [4.69, 9.17) is 11.6 Å². The number of rotatable bonds is 1. The van der Waals surface area contributed by atoms with Crippen LogP contribution in [-0.2, 0) is 0 Å². The summed E-state index contributed by atoms with van der Waals surface area (Å²) in [6.45, 7) is 1.81. The molecule has 1 aromatic heterocycles. The number of benzene rings is 1. The Morgan fingerprint density at radius 3 is 2.46 bits per heavy atom. The molecule has 1 aromatic carbocycles. The normalized spacial score (nSPS) is 10.3. The lowest BCUT2D eigenvalue weighted by Crippen LogP contribution is -1.95. The summed E-state index contributed by atoms with van der Waals surface area (Å²) in [5, 5.41) is 4.55. The quantitative estimate of drug-likeness (QED) is 0.696. The first-order valence-corrected chi connectivity index (χ1v) is 4.30. The Bertz CT molecular complexity index is 408. The molecule has 0 aliphatic heterocycles. The van der Waals surface area contributed by atoms with Crippen LogP contribution in [0.2, 0.25) is 5.28 Å². The molecule has 0 unspecified atom stereocenters. The predicted molar refractivity (Wildman–Crippen MR) is 51.1 cm³/mol. The number of halogens is 1. The molecule has 2 aromatic rings. The van der Waals surface area contributed by atoms with E-state index in [1.807, 2.05) is 37.3 Å². The Morgan fingerprint density at radius 2 is 1.92 bits per heavy atom. The number of hydrogen-bond donors (Lipinski definition) is 0. The molecule has 0 aliphatic rings. The highest BCUT2D eigenvalue weighted by atomic mass is 35.5. The van der Waals surface area contributed by atoms with E-state index in [0.717, 1.165) is 5.69 Å². The summed E-state index contributed by atoms with van der Waals surface area (Å²) in [4.78, 5) is 4.00. The van der Waals surface area contributed by atoms with Crippen LogP contribution >= 0.6 is 11.6 Å². The van der Waals surface area contributed by atoms with Gasteiger partial charge in [0.1, 0.15) is 5.82 Å². The van der Waals surface area contributed by atoms with E-state index < -0.39 is 0 Å². The van der Waals surface area contributed by atoms with Gasteiger partial charge in [-0.3, -0.25) is 0 Å². The maximum absolute atomic E-state index is 5.87. The lowest BCUT2D eigenvalue weighted by molar-refractivity contribution is 0.863. The second-order valence-electron chi connectivity index (χ2n) is 2.68. The topological polar surface area (TPSA) is 30.7 Å². The fraction of sp³-hybridized carbons (Fsp3) is 0.111. The third kappa shape index (κ3) is 1.55. The lowest BCUT2D eigenvalue weighted by atomic mass is 10.3. The third-order valence-corrected chi connectivity index (χ3v) is 1.92. The second-order valence-corrected chi connectivity index (χ2v) is 3.01. The van der Waals surface area contributed by atoms with Crippen LogP contribution in [0.5, 0.6) is 0 Å². The van der Waals surface area contributed by atoms with E-state index >= 15 is 0 Å². The Morgan fingerprint density at radius 1 is 1.23 bits per heavy atom. The molecule has 0 N–H and O–H groups in total. The largest absolute Gasteiger partial charge is 0.225 e. The van der Waals surface area contributed by atoms with Crippen LogP contribution in [0.25, 0.3) is 5.69 Å². The first-order chi connectivity index (χ1) is 6.27. The van der Waals surface area contributed by atoms with Gasteiger partial charge in [-0.15, -0.1) is 0 Å². The minimum absolute atomic E-state index is 0.392.